The summed E-state index contributed by atoms with van der Waals surface area (Å²) in [5, 5.41) is 7.32. The Balaban J connectivity index is 1.78. The zero-order chi connectivity index (χ0) is 17.1. The normalized spacial score (nSPS) is 22.9. The molecule has 2 aliphatic rings. The third-order valence-corrected chi connectivity index (χ3v) is 5.62. The summed E-state index contributed by atoms with van der Waals surface area (Å²) in [6, 6.07) is 1.09. The molecule has 0 radical (unpaired) electrons. The average molecular weight is 332 g/mol. The van der Waals surface area contributed by atoms with Crippen molar-refractivity contribution in [2.45, 2.75) is 71.9 Å². The lowest BCUT2D eigenvalue weighted by atomic mass is 9.95. The van der Waals surface area contributed by atoms with Crippen molar-refractivity contribution in [3.05, 3.63) is 11.3 Å². The van der Waals surface area contributed by atoms with Crippen molar-refractivity contribution in [2.75, 3.05) is 29.9 Å². The van der Waals surface area contributed by atoms with Gasteiger partial charge in [0.1, 0.15) is 5.82 Å². The van der Waals surface area contributed by atoms with E-state index in [-0.39, 0.29) is 0 Å². The quantitative estimate of drug-likeness (QED) is 0.887. The molecule has 1 aromatic heterocycles. The van der Waals surface area contributed by atoms with E-state index >= 15 is 0 Å². The molecule has 0 amide bonds. The zero-order valence-corrected chi connectivity index (χ0v) is 15.7. The minimum absolute atomic E-state index is 0.513. The van der Waals surface area contributed by atoms with Crippen molar-refractivity contribution in [3.8, 4) is 0 Å². The molecule has 134 valence electrons. The summed E-state index contributed by atoms with van der Waals surface area (Å²) in [5.74, 6) is 2.56. The van der Waals surface area contributed by atoms with Crippen molar-refractivity contribution >= 4 is 11.8 Å². The minimum Gasteiger partial charge on any atom is -0.367 e. The monoisotopic (exact) mass is 331 g/mol. The van der Waals surface area contributed by atoms with Gasteiger partial charge in [-0.25, -0.2) is 4.98 Å². The highest BCUT2D eigenvalue weighted by Gasteiger charge is 2.25. The van der Waals surface area contributed by atoms with E-state index < -0.39 is 0 Å². The van der Waals surface area contributed by atoms with Crippen molar-refractivity contribution in [1.29, 1.82) is 0 Å². The van der Waals surface area contributed by atoms with E-state index in [9.17, 15) is 0 Å². The topological polar surface area (TPSA) is 53.1 Å². The Hall–Kier alpha value is -1.36. The van der Waals surface area contributed by atoms with Gasteiger partial charge in [0, 0.05) is 43.0 Å². The fraction of sp³-hybridized carbons (Fsp3) is 0.789. The number of hydrogen-bond acceptors (Lipinski definition) is 5. The van der Waals surface area contributed by atoms with Crippen LogP contribution in [0, 0.1) is 19.8 Å². The number of aryl methyl sites for hydroxylation is 1. The summed E-state index contributed by atoms with van der Waals surface area (Å²) < 4.78 is 0. The van der Waals surface area contributed by atoms with E-state index in [1.165, 1.54) is 37.7 Å². The highest BCUT2D eigenvalue weighted by Crippen LogP contribution is 2.25. The van der Waals surface area contributed by atoms with Gasteiger partial charge in [-0.05, 0) is 32.6 Å². The van der Waals surface area contributed by atoms with E-state index in [0.717, 1.165) is 37.1 Å². The Kier molecular flexibility index (Phi) is 5.59. The van der Waals surface area contributed by atoms with Crippen molar-refractivity contribution < 1.29 is 0 Å². The Morgan fingerprint density at radius 1 is 1.12 bits per heavy atom. The van der Waals surface area contributed by atoms with E-state index in [2.05, 4.69) is 43.2 Å². The smallest absolute Gasteiger partial charge is 0.227 e. The number of hydrogen-bond donors (Lipinski definition) is 2. The predicted octanol–water partition coefficient (Wildman–Crippen LogP) is 3.27. The largest absolute Gasteiger partial charge is 0.367 e. The molecular weight excluding hydrogens is 298 g/mol. The van der Waals surface area contributed by atoms with Crippen LogP contribution in [0.4, 0.5) is 11.8 Å². The van der Waals surface area contributed by atoms with E-state index in [1.54, 1.807) is 0 Å². The molecule has 5 nitrogen and oxygen atoms in total. The third kappa shape index (κ3) is 4.00. The minimum atomic E-state index is 0.513. The highest BCUT2D eigenvalue weighted by molar-refractivity contribution is 5.51. The summed E-state index contributed by atoms with van der Waals surface area (Å²) in [6.45, 7) is 11.8. The maximum absolute atomic E-state index is 4.92. The van der Waals surface area contributed by atoms with Gasteiger partial charge in [-0.2, -0.15) is 4.98 Å². The lowest BCUT2D eigenvalue weighted by Crippen LogP contribution is -2.53. The van der Waals surface area contributed by atoms with E-state index in [1.807, 2.05) is 0 Å². The molecule has 1 aromatic rings. The molecule has 1 saturated heterocycles. The molecule has 2 fully saturated rings. The van der Waals surface area contributed by atoms with Crippen LogP contribution in [0.25, 0.3) is 0 Å². The van der Waals surface area contributed by atoms with Gasteiger partial charge in [-0.3, -0.25) is 0 Å². The zero-order valence-electron chi connectivity index (χ0n) is 15.7. The Labute approximate surface area is 146 Å². The molecule has 2 heterocycles. The average Bonchev–Trinajstić information content (AvgIpc) is 2.59. The second-order valence-corrected chi connectivity index (χ2v) is 7.81. The van der Waals surface area contributed by atoms with Crippen LogP contribution >= 0.6 is 0 Å². The first-order chi connectivity index (χ1) is 11.5. The summed E-state index contributed by atoms with van der Waals surface area (Å²) in [4.78, 5) is 12.1. The Morgan fingerprint density at radius 3 is 2.58 bits per heavy atom. The summed E-state index contributed by atoms with van der Waals surface area (Å²) in [5.41, 5.74) is 2.29. The molecule has 1 atom stereocenters. The molecule has 0 unspecified atom stereocenters. The first-order valence-corrected chi connectivity index (χ1v) is 9.64. The SMILES string of the molecule is Cc1nc(N2CCN[C@H](C(C)C)C2)nc(NC2CCCCC2)c1C. The Bertz CT molecular complexity index is 551. The van der Waals surface area contributed by atoms with Crippen molar-refractivity contribution in [1.82, 2.24) is 15.3 Å². The molecule has 0 aromatic carbocycles. The molecular formula is C19H33N5. The molecule has 0 spiro atoms. The van der Waals surface area contributed by atoms with Crippen LogP contribution in [0.1, 0.15) is 57.2 Å². The standard InChI is InChI=1S/C19H33N5/c1-13(2)17-12-24(11-10-20-17)19-21-15(4)14(3)18(23-19)22-16-8-6-5-7-9-16/h13,16-17,20H,5-12H2,1-4H3,(H,21,22,23)/t17-/m0/s1. The van der Waals surface area contributed by atoms with Crippen molar-refractivity contribution in [2.24, 2.45) is 5.92 Å². The van der Waals surface area contributed by atoms with Crippen LogP contribution in [0.2, 0.25) is 0 Å². The van der Waals surface area contributed by atoms with Gasteiger partial charge in [0.05, 0.1) is 0 Å². The predicted molar refractivity (Wildman–Crippen MR) is 101 cm³/mol. The van der Waals surface area contributed by atoms with Crippen LogP contribution in [-0.2, 0) is 0 Å². The van der Waals surface area contributed by atoms with Gasteiger partial charge in [0.2, 0.25) is 5.95 Å². The molecule has 5 heteroatoms. The third-order valence-electron chi connectivity index (χ3n) is 5.62. The lowest BCUT2D eigenvalue weighted by Gasteiger charge is -2.36. The summed E-state index contributed by atoms with van der Waals surface area (Å²) in [7, 11) is 0. The van der Waals surface area contributed by atoms with Gasteiger partial charge in [-0.1, -0.05) is 33.1 Å². The molecule has 1 aliphatic carbocycles. The van der Waals surface area contributed by atoms with Gasteiger partial charge in [-0.15, -0.1) is 0 Å². The maximum Gasteiger partial charge on any atom is 0.227 e. The fourth-order valence-corrected chi connectivity index (χ4v) is 3.74. The van der Waals surface area contributed by atoms with Crippen molar-refractivity contribution in [3.63, 3.8) is 0 Å². The molecule has 1 aliphatic heterocycles. The molecule has 3 rings (SSSR count). The van der Waals surface area contributed by atoms with Crippen LogP contribution in [-0.4, -0.2) is 41.7 Å². The number of aromatic nitrogens is 2. The maximum atomic E-state index is 4.92. The number of anilines is 2. The molecule has 1 saturated carbocycles. The van der Waals surface area contributed by atoms with Crippen LogP contribution in [0.3, 0.4) is 0 Å². The first kappa shape index (κ1) is 17.5. The van der Waals surface area contributed by atoms with Gasteiger partial charge >= 0.3 is 0 Å². The summed E-state index contributed by atoms with van der Waals surface area (Å²) in [6.07, 6.45) is 6.58. The Morgan fingerprint density at radius 2 is 1.88 bits per heavy atom. The van der Waals surface area contributed by atoms with Gasteiger partial charge in [0.25, 0.3) is 0 Å². The highest BCUT2D eigenvalue weighted by atomic mass is 15.3. The number of piperazine rings is 1. The first-order valence-electron chi connectivity index (χ1n) is 9.64. The second-order valence-electron chi connectivity index (χ2n) is 7.81. The lowest BCUT2D eigenvalue weighted by molar-refractivity contribution is 0.366. The van der Waals surface area contributed by atoms with Crippen LogP contribution in [0.15, 0.2) is 0 Å². The number of nitrogens with one attached hydrogen (secondary N) is 2. The van der Waals surface area contributed by atoms with Gasteiger partial charge in [0.15, 0.2) is 0 Å². The second kappa shape index (κ2) is 7.68. The number of nitrogens with zero attached hydrogens (tertiary/aromatic N) is 3. The fourth-order valence-electron chi connectivity index (χ4n) is 3.74. The van der Waals surface area contributed by atoms with E-state index in [0.29, 0.717) is 18.0 Å². The van der Waals surface area contributed by atoms with Crippen LogP contribution in [0.5, 0.6) is 0 Å². The molecule has 0 bridgehead atoms. The molecule has 24 heavy (non-hydrogen) atoms. The summed E-state index contributed by atoms with van der Waals surface area (Å²) >= 11 is 0. The van der Waals surface area contributed by atoms with Gasteiger partial charge < -0.3 is 15.5 Å². The van der Waals surface area contributed by atoms with Crippen LogP contribution < -0.4 is 15.5 Å². The molecule has 2 N–H and O–H groups in total. The van der Waals surface area contributed by atoms with E-state index in [4.69, 9.17) is 9.97 Å². The number of rotatable bonds is 4.